The van der Waals surface area contributed by atoms with E-state index in [1.165, 1.54) is 4.90 Å². The topological polar surface area (TPSA) is 53.0 Å². The molecular weight excluding hydrogens is 310 g/mol. The molecule has 4 unspecified atom stereocenters. The van der Waals surface area contributed by atoms with Gasteiger partial charge in [-0.05, 0) is 12.1 Å². The summed E-state index contributed by atoms with van der Waals surface area (Å²) in [4.78, 5) is 34.6. The number of nitrogens with zero attached hydrogens (tertiary/aromatic N) is 3. The molecule has 0 aromatic heterocycles. The smallest absolute Gasteiger partial charge is 0.235 e. The van der Waals surface area contributed by atoms with Crippen LogP contribution in [0.2, 0.25) is 0 Å². The van der Waals surface area contributed by atoms with Crippen molar-refractivity contribution in [1.29, 1.82) is 0 Å². The van der Waals surface area contributed by atoms with Crippen molar-refractivity contribution in [1.82, 2.24) is 9.80 Å². The molecule has 2 bridgehead atoms. The number of carbonyl (C=O) groups is 2. The van der Waals surface area contributed by atoms with Crippen molar-refractivity contribution >= 4 is 35.1 Å². The molecule has 2 amide bonds. The summed E-state index contributed by atoms with van der Waals surface area (Å²) in [6.45, 7) is 0. The SMILES string of the molecule is CN1C(=O)C2C3C=CC(C2C1=O)N1CSc2ccccc2N=C31. The van der Waals surface area contributed by atoms with Gasteiger partial charge in [-0.3, -0.25) is 14.5 Å². The number of hydrogen-bond acceptors (Lipinski definition) is 5. The first-order chi connectivity index (χ1) is 11.2. The third kappa shape index (κ3) is 1.62. The zero-order chi connectivity index (χ0) is 15.7. The van der Waals surface area contributed by atoms with Crippen LogP contribution in [0.25, 0.3) is 0 Å². The quantitative estimate of drug-likeness (QED) is 0.540. The van der Waals surface area contributed by atoms with Crippen LogP contribution in [0.5, 0.6) is 0 Å². The van der Waals surface area contributed by atoms with Gasteiger partial charge >= 0.3 is 0 Å². The zero-order valence-electron chi connectivity index (χ0n) is 12.5. The Morgan fingerprint density at radius 2 is 1.91 bits per heavy atom. The highest BCUT2D eigenvalue weighted by Gasteiger charge is 2.60. The minimum absolute atomic E-state index is 0.0508. The summed E-state index contributed by atoms with van der Waals surface area (Å²) >= 11 is 1.74. The molecule has 1 aromatic rings. The van der Waals surface area contributed by atoms with E-state index < -0.39 is 0 Å². The van der Waals surface area contributed by atoms with Gasteiger partial charge in [0.05, 0.1) is 29.4 Å². The third-order valence-electron chi connectivity index (χ3n) is 5.30. The number of thioether (sulfide) groups is 1. The van der Waals surface area contributed by atoms with Crippen LogP contribution < -0.4 is 0 Å². The summed E-state index contributed by atoms with van der Waals surface area (Å²) in [6.07, 6.45) is 4.16. The Kier molecular flexibility index (Phi) is 2.60. The Morgan fingerprint density at radius 3 is 2.78 bits per heavy atom. The first-order valence-corrected chi connectivity index (χ1v) is 8.72. The molecule has 1 aliphatic carbocycles. The molecule has 23 heavy (non-hydrogen) atoms. The largest absolute Gasteiger partial charge is 0.343 e. The molecule has 5 nitrogen and oxygen atoms in total. The molecule has 1 aromatic carbocycles. The normalized spacial score (nSPS) is 34.0. The number of likely N-dealkylation sites (tertiary alicyclic amines) is 1. The van der Waals surface area contributed by atoms with Crippen molar-refractivity contribution in [2.75, 3.05) is 12.9 Å². The Morgan fingerprint density at radius 1 is 1.13 bits per heavy atom. The molecule has 5 aliphatic rings. The molecule has 2 fully saturated rings. The number of aliphatic imine (C=N–C) groups is 1. The zero-order valence-corrected chi connectivity index (χ0v) is 13.4. The molecule has 6 rings (SSSR count). The molecular formula is C17H15N3O2S. The van der Waals surface area contributed by atoms with E-state index in [-0.39, 0.29) is 35.6 Å². The first-order valence-electron chi connectivity index (χ1n) is 7.73. The highest BCUT2D eigenvalue weighted by molar-refractivity contribution is 7.99. The average molecular weight is 325 g/mol. The lowest BCUT2D eigenvalue weighted by Crippen LogP contribution is -2.58. The van der Waals surface area contributed by atoms with Crippen molar-refractivity contribution in [2.24, 2.45) is 22.7 Å². The summed E-state index contributed by atoms with van der Waals surface area (Å²) in [5.74, 6) is 0.939. The summed E-state index contributed by atoms with van der Waals surface area (Å²) in [7, 11) is 1.60. The number of piperidine rings is 1. The van der Waals surface area contributed by atoms with Gasteiger partial charge in [-0.2, -0.15) is 0 Å². The molecule has 0 spiro atoms. The second-order valence-corrected chi connectivity index (χ2v) is 7.36. The number of rotatable bonds is 0. The van der Waals surface area contributed by atoms with Gasteiger partial charge in [0.25, 0.3) is 0 Å². The molecule has 116 valence electrons. The number of amidine groups is 1. The van der Waals surface area contributed by atoms with Crippen molar-refractivity contribution in [2.45, 2.75) is 10.9 Å². The molecule has 4 aliphatic heterocycles. The van der Waals surface area contributed by atoms with E-state index in [4.69, 9.17) is 4.99 Å². The number of carbonyl (C=O) groups excluding carboxylic acids is 2. The second-order valence-electron chi connectivity index (χ2n) is 6.37. The van der Waals surface area contributed by atoms with Crippen LogP contribution in [-0.2, 0) is 9.59 Å². The van der Waals surface area contributed by atoms with E-state index in [1.807, 2.05) is 18.2 Å². The summed E-state index contributed by atoms with van der Waals surface area (Å²) < 4.78 is 0. The fourth-order valence-corrected chi connectivity index (χ4v) is 5.20. The number of hydrogen-bond donors (Lipinski definition) is 0. The predicted octanol–water partition coefficient (Wildman–Crippen LogP) is 1.88. The van der Waals surface area contributed by atoms with Crippen LogP contribution in [0.4, 0.5) is 5.69 Å². The van der Waals surface area contributed by atoms with Gasteiger partial charge in [-0.15, -0.1) is 11.8 Å². The van der Waals surface area contributed by atoms with Gasteiger partial charge in [0.2, 0.25) is 11.8 Å². The molecule has 6 heteroatoms. The Balaban J connectivity index is 1.66. The van der Waals surface area contributed by atoms with E-state index in [9.17, 15) is 9.59 Å². The number of para-hydroxylation sites is 1. The predicted molar refractivity (Wildman–Crippen MR) is 87.3 cm³/mol. The third-order valence-corrected chi connectivity index (χ3v) is 6.36. The monoisotopic (exact) mass is 325 g/mol. The Bertz CT molecular complexity index is 803. The first kappa shape index (κ1) is 13.4. The maximum absolute atomic E-state index is 12.5. The highest BCUT2D eigenvalue weighted by atomic mass is 32.2. The second kappa shape index (κ2) is 4.47. The lowest BCUT2D eigenvalue weighted by Gasteiger charge is -2.47. The van der Waals surface area contributed by atoms with Crippen molar-refractivity contribution in [3.05, 3.63) is 36.4 Å². The standard InChI is InChI=1S/C17H15N3O2S/c1-19-16(21)13-9-6-7-11(14(13)17(19)22)20-8-23-12-5-3-2-4-10(12)18-15(9)20/h2-7,9,11,13-14H,8H2,1H3. The maximum Gasteiger partial charge on any atom is 0.235 e. The van der Waals surface area contributed by atoms with Gasteiger partial charge < -0.3 is 4.90 Å². The molecule has 4 atom stereocenters. The van der Waals surface area contributed by atoms with Gasteiger partial charge in [0.1, 0.15) is 5.84 Å². The van der Waals surface area contributed by atoms with E-state index in [2.05, 4.69) is 23.1 Å². The van der Waals surface area contributed by atoms with Crippen LogP contribution in [-0.4, -0.2) is 46.4 Å². The minimum Gasteiger partial charge on any atom is -0.343 e. The molecule has 2 saturated heterocycles. The fraction of sp³-hybridized carbons (Fsp3) is 0.353. The summed E-state index contributed by atoms with van der Waals surface area (Å²) in [5, 5.41) is 0. The van der Waals surface area contributed by atoms with E-state index in [0.29, 0.717) is 0 Å². The van der Waals surface area contributed by atoms with E-state index in [0.717, 1.165) is 22.3 Å². The lowest BCUT2D eigenvalue weighted by atomic mass is 9.69. The van der Waals surface area contributed by atoms with Crippen LogP contribution in [0.1, 0.15) is 0 Å². The van der Waals surface area contributed by atoms with Crippen LogP contribution in [0.15, 0.2) is 46.3 Å². The minimum atomic E-state index is -0.284. The highest BCUT2D eigenvalue weighted by Crippen LogP contribution is 2.48. The van der Waals surface area contributed by atoms with Crippen LogP contribution in [0.3, 0.4) is 0 Å². The number of fused-ring (bicyclic) bond motifs is 1. The van der Waals surface area contributed by atoms with E-state index in [1.54, 1.807) is 18.8 Å². The molecule has 0 N–H and O–H groups in total. The lowest BCUT2D eigenvalue weighted by molar-refractivity contribution is -0.138. The van der Waals surface area contributed by atoms with E-state index >= 15 is 0 Å². The molecule has 4 heterocycles. The van der Waals surface area contributed by atoms with Gasteiger partial charge in [-0.25, -0.2) is 4.99 Å². The van der Waals surface area contributed by atoms with Crippen molar-refractivity contribution < 1.29 is 9.59 Å². The average Bonchev–Trinajstić information content (AvgIpc) is 2.76. The maximum atomic E-state index is 12.5. The van der Waals surface area contributed by atoms with Gasteiger partial charge in [0, 0.05) is 17.9 Å². The summed E-state index contributed by atoms with van der Waals surface area (Å²) in [6, 6.07) is 8.02. The van der Waals surface area contributed by atoms with Crippen LogP contribution in [0, 0.1) is 17.8 Å². The molecule has 0 saturated carbocycles. The molecule has 0 radical (unpaired) electrons. The van der Waals surface area contributed by atoms with Gasteiger partial charge in [0.15, 0.2) is 0 Å². The fourth-order valence-electron chi connectivity index (χ4n) is 4.19. The number of benzene rings is 1. The Hall–Kier alpha value is -2.08. The Labute approximate surface area is 138 Å². The van der Waals surface area contributed by atoms with Crippen molar-refractivity contribution in [3.63, 3.8) is 0 Å². The summed E-state index contributed by atoms with van der Waals surface area (Å²) in [5.41, 5.74) is 0.956. The van der Waals surface area contributed by atoms with Gasteiger partial charge in [-0.1, -0.05) is 24.3 Å². The van der Waals surface area contributed by atoms with Crippen LogP contribution >= 0.6 is 11.8 Å². The number of imide groups is 1. The number of amides is 2. The van der Waals surface area contributed by atoms with Crippen molar-refractivity contribution in [3.8, 4) is 0 Å².